The van der Waals surface area contributed by atoms with Crippen molar-refractivity contribution in [1.82, 2.24) is 0 Å². The molecular weight excluding hydrogens is 625 g/mol. The zero-order chi connectivity index (χ0) is 33.8. The molecule has 10 nitrogen and oxygen atoms in total. The van der Waals surface area contributed by atoms with Crippen molar-refractivity contribution in [2.24, 2.45) is 16.7 Å². The summed E-state index contributed by atoms with van der Waals surface area (Å²) in [6.07, 6.45) is -4.94. The monoisotopic (exact) mass is 672 g/mol. The van der Waals surface area contributed by atoms with Gasteiger partial charge in [0.25, 0.3) is 0 Å². The maximum atomic E-state index is 15.6. The van der Waals surface area contributed by atoms with E-state index in [9.17, 15) is 19.8 Å². The van der Waals surface area contributed by atoms with Crippen LogP contribution in [0.4, 0.5) is 0 Å². The molecule has 3 aliphatic carbocycles. The van der Waals surface area contributed by atoms with Crippen molar-refractivity contribution in [3.05, 3.63) is 47.0 Å². The van der Waals surface area contributed by atoms with Crippen LogP contribution < -0.4 is 0 Å². The second-order valence-corrected chi connectivity index (χ2v) is 25.0. The standard InChI is InChI=1S/C34H48O10Si2/c1-19-22(36)16-34(39)29(41-30(38)21-13-11-10-12-14-21)27-32(5)23(15-24-33(27,17-40-24)42-20(2)35)43-45(6,7)18-46(8,9)44-26(28(32)37)25(19)31(34,3)4/h10-14,22-24,26-27,29,36,39H,15-18H2,1-9H3/t22-,23+,24-,26-,27?,29-,32-,33?,34-/m1/s1. The smallest absolute Gasteiger partial charge is 0.338 e. The molecule has 6 rings (SSSR count). The van der Waals surface area contributed by atoms with E-state index in [1.165, 1.54) is 6.92 Å². The van der Waals surface area contributed by atoms with Crippen molar-refractivity contribution in [3.63, 3.8) is 0 Å². The van der Waals surface area contributed by atoms with Crippen LogP contribution in [0.3, 0.4) is 0 Å². The number of hydrogen-bond acceptors (Lipinski definition) is 10. The van der Waals surface area contributed by atoms with E-state index in [1.807, 2.05) is 13.8 Å². The molecule has 2 saturated carbocycles. The van der Waals surface area contributed by atoms with Crippen LogP contribution in [0.5, 0.6) is 0 Å². The molecule has 2 heterocycles. The third-order valence-corrected chi connectivity index (χ3v) is 20.2. The van der Waals surface area contributed by atoms with Crippen LogP contribution in [-0.2, 0) is 32.7 Å². The third-order valence-electron chi connectivity index (χ3n) is 11.6. The van der Waals surface area contributed by atoms with Crippen molar-refractivity contribution in [1.29, 1.82) is 0 Å². The average Bonchev–Trinajstić information content (AvgIpc) is 2.95. The number of carbonyl (C=O) groups is 3. The Hall–Kier alpha value is -2.20. The number of benzene rings is 1. The Balaban J connectivity index is 1.70. The summed E-state index contributed by atoms with van der Waals surface area (Å²) in [7, 11) is -5.12. The summed E-state index contributed by atoms with van der Waals surface area (Å²) < 4.78 is 32.9. The van der Waals surface area contributed by atoms with Crippen LogP contribution in [0.15, 0.2) is 41.5 Å². The van der Waals surface area contributed by atoms with Crippen molar-refractivity contribution in [2.45, 2.75) is 121 Å². The maximum absolute atomic E-state index is 15.6. The predicted molar refractivity (Wildman–Crippen MR) is 173 cm³/mol. The summed E-state index contributed by atoms with van der Waals surface area (Å²) in [5.74, 6) is -2.67. The van der Waals surface area contributed by atoms with Crippen molar-refractivity contribution >= 4 is 34.4 Å². The molecule has 2 N–H and O–H groups in total. The quantitative estimate of drug-likeness (QED) is 0.274. The first-order valence-electron chi connectivity index (χ1n) is 16.3. The van der Waals surface area contributed by atoms with Gasteiger partial charge >= 0.3 is 11.9 Å². The number of ketones is 1. The predicted octanol–water partition coefficient (Wildman–Crippen LogP) is 4.09. The number of hydrogen-bond donors (Lipinski definition) is 2. The van der Waals surface area contributed by atoms with Crippen LogP contribution in [0.25, 0.3) is 0 Å². The van der Waals surface area contributed by atoms with Gasteiger partial charge in [0.2, 0.25) is 0 Å². The van der Waals surface area contributed by atoms with E-state index in [0.29, 0.717) is 16.8 Å². The van der Waals surface area contributed by atoms with Crippen molar-refractivity contribution in [3.8, 4) is 0 Å². The van der Waals surface area contributed by atoms with Gasteiger partial charge < -0.3 is 33.3 Å². The first-order chi connectivity index (χ1) is 21.2. The molecular formula is C34H48O10Si2. The SMILES string of the molecule is CC(=O)OC12CO[C@@H]1C[C@@H]1O[Si](C)(C)C[Si](C)(C)O[C@H]3C(=O)[C@@]1(C)C2[C@@H](OC(=O)c1ccccc1)[C@]1(O)C[C@@H](O)C(C)=C3C1(C)C. The first kappa shape index (κ1) is 33.7. The van der Waals surface area contributed by atoms with Crippen LogP contribution >= 0.6 is 0 Å². The molecule has 0 aromatic heterocycles. The van der Waals surface area contributed by atoms with Gasteiger partial charge in [-0.3, -0.25) is 9.59 Å². The van der Waals surface area contributed by atoms with E-state index in [1.54, 1.807) is 44.2 Å². The van der Waals surface area contributed by atoms with Gasteiger partial charge in [0.05, 0.1) is 35.7 Å². The Kier molecular flexibility index (Phi) is 7.80. The lowest BCUT2D eigenvalue weighted by Crippen LogP contribution is -2.82. The molecule has 2 saturated heterocycles. The number of ether oxygens (including phenoxy) is 3. The molecule has 1 aromatic rings. The van der Waals surface area contributed by atoms with Gasteiger partial charge in [0.15, 0.2) is 28.0 Å². The molecule has 2 unspecified atom stereocenters. The van der Waals surface area contributed by atoms with Gasteiger partial charge in [0, 0.05) is 25.2 Å². The molecule has 9 atom stereocenters. The lowest BCUT2D eigenvalue weighted by molar-refractivity contribution is -0.344. The summed E-state index contributed by atoms with van der Waals surface area (Å²) in [6.45, 7) is 16.9. The topological polar surface area (TPSA) is 138 Å². The molecule has 0 radical (unpaired) electrons. The maximum Gasteiger partial charge on any atom is 0.338 e. The van der Waals surface area contributed by atoms with E-state index in [0.717, 1.165) is 0 Å². The first-order valence-corrected chi connectivity index (χ1v) is 22.5. The molecule has 1 aromatic carbocycles. The fraction of sp³-hybridized carbons (Fsp3) is 0.676. The average molecular weight is 673 g/mol. The summed E-state index contributed by atoms with van der Waals surface area (Å²) in [6, 6.07) is 8.45. The van der Waals surface area contributed by atoms with Crippen LogP contribution in [0.2, 0.25) is 31.9 Å². The zero-order valence-electron chi connectivity index (χ0n) is 28.3. The van der Waals surface area contributed by atoms with Crippen LogP contribution in [0.1, 0.15) is 57.8 Å². The Morgan fingerprint density at radius 2 is 1.63 bits per heavy atom. The highest BCUT2D eigenvalue weighted by Gasteiger charge is 2.78. The van der Waals surface area contributed by atoms with E-state index >= 15 is 4.79 Å². The van der Waals surface area contributed by atoms with Gasteiger partial charge in [-0.25, -0.2) is 4.79 Å². The fourth-order valence-corrected chi connectivity index (χ4v) is 20.5. The second kappa shape index (κ2) is 10.7. The number of aliphatic hydroxyl groups is 2. The number of esters is 2. The van der Waals surface area contributed by atoms with E-state index in [4.69, 9.17) is 23.1 Å². The van der Waals surface area contributed by atoms with Gasteiger partial charge in [-0.2, -0.15) is 0 Å². The lowest BCUT2D eigenvalue weighted by Gasteiger charge is -2.68. The van der Waals surface area contributed by atoms with E-state index < -0.39 is 87.0 Å². The second-order valence-electron chi connectivity index (χ2n) is 16.1. The van der Waals surface area contributed by atoms with Crippen molar-refractivity contribution in [2.75, 3.05) is 6.61 Å². The molecule has 4 fully saturated rings. The summed E-state index contributed by atoms with van der Waals surface area (Å²) in [5.41, 5.74) is -4.00. The number of aliphatic hydroxyl groups excluding tert-OH is 1. The molecule has 0 spiro atoms. The Morgan fingerprint density at radius 1 is 1.00 bits per heavy atom. The summed E-state index contributed by atoms with van der Waals surface area (Å²) in [4.78, 5) is 42.5. The number of carbonyl (C=O) groups excluding carboxylic acids is 3. The Labute approximate surface area is 273 Å². The molecule has 0 amide bonds. The van der Waals surface area contributed by atoms with Gasteiger partial charge in [-0.05, 0) is 69.0 Å². The van der Waals surface area contributed by atoms with E-state index in [-0.39, 0.29) is 30.8 Å². The van der Waals surface area contributed by atoms with E-state index in [2.05, 4.69) is 26.2 Å². The molecule has 2 aliphatic heterocycles. The third kappa shape index (κ3) is 4.77. The number of fused-ring (bicyclic) bond motifs is 6. The molecule has 12 heteroatoms. The summed E-state index contributed by atoms with van der Waals surface area (Å²) in [5, 5.41) is 24.9. The highest BCUT2D eigenvalue weighted by molar-refractivity contribution is 6.89. The van der Waals surface area contributed by atoms with Gasteiger partial charge in [-0.15, -0.1) is 0 Å². The zero-order valence-corrected chi connectivity index (χ0v) is 30.3. The highest BCUT2D eigenvalue weighted by atomic mass is 28.4. The minimum absolute atomic E-state index is 0.0513. The molecule has 252 valence electrons. The number of rotatable bonds is 3. The minimum atomic E-state index is -2.61. The summed E-state index contributed by atoms with van der Waals surface area (Å²) >= 11 is 0. The minimum Gasteiger partial charge on any atom is -0.455 e. The largest absolute Gasteiger partial charge is 0.455 e. The van der Waals surface area contributed by atoms with Crippen LogP contribution in [0, 0.1) is 16.7 Å². The van der Waals surface area contributed by atoms with Gasteiger partial charge in [0.1, 0.15) is 23.9 Å². The Bertz CT molecular complexity index is 1490. The van der Waals surface area contributed by atoms with Crippen LogP contribution in [-0.4, -0.2) is 92.9 Å². The highest BCUT2D eigenvalue weighted by Crippen LogP contribution is 2.65. The fourth-order valence-electron chi connectivity index (χ4n) is 9.70. The molecule has 46 heavy (non-hydrogen) atoms. The molecule has 5 aliphatic rings. The molecule has 4 bridgehead atoms. The van der Waals surface area contributed by atoms with Gasteiger partial charge in [-0.1, -0.05) is 32.0 Å². The normalized spacial score (nSPS) is 42.1. The van der Waals surface area contributed by atoms with Crippen molar-refractivity contribution < 1.29 is 47.7 Å². The Morgan fingerprint density at radius 3 is 2.22 bits per heavy atom. The lowest BCUT2D eigenvalue weighted by atomic mass is 9.44. The number of Topliss-reactive ketones (excluding diaryl/α,β-unsaturated/α-hetero) is 1.